The number of fused-ring (bicyclic) bond motifs is 1. The molecule has 1 nitrogen and oxygen atoms in total. The van der Waals surface area contributed by atoms with E-state index in [9.17, 15) is 0 Å². The highest BCUT2D eigenvalue weighted by Crippen LogP contribution is 2.38. The first-order chi connectivity index (χ1) is 8.16. The summed E-state index contributed by atoms with van der Waals surface area (Å²) >= 11 is 0. The first-order valence-electron chi connectivity index (χ1n) is 6.27. The summed E-state index contributed by atoms with van der Waals surface area (Å²) < 4.78 is 5.86. The Morgan fingerprint density at radius 3 is 2.59 bits per heavy atom. The highest BCUT2D eigenvalue weighted by molar-refractivity contribution is 5.86. The highest BCUT2D eigenvalue weighted by Gasteiger charge is 2.33. The lowest BCUT2D eigenvalue weighted by Gasteiger charge is -2.16. The molecule has 1 heterocycles. The van der Waals surface area contributed by atoms with Crippen LogP contribution in [0.3, 0.4) is 0 Å². The molecule has 2 aromatic carbocycles. The lowest BCUT2D eigenvalue weighted by molar-refractivity contribution is 0.0361. The molecule has 0 saturated carbocycles. The van der Waals surface area contributed by atoms with Crippen molar-refractivity contribution in [2.24, 2.45) is 0 Å². The van der Waals surface area contributed by atoms with Crippen molar-refractivity contribution < 1.29 is 4.74 Å². The minimum atomic E-state index is 0.0294. The number of rotatable bonds is 1. The molecule has 1 saturated heterocycles. The first kappa shape index (κ1) is 10.8. The summed E-state index contributed by atoms with van der Waals surface area (Å²) in [5, 5.41) is 2.70. The van der Waals surface area contributed by atoms with E-state index in [4.69, 9.17) is 4.74 Å². The second-order valence-electron chi connectivity index (χ2n) is 5.54. The Bertz CT molecular complexity index is 537. The molecule has 1 unspecified atom stereocenters. The van der Waals surface area contributed by atoms with E-state index in [-0.39, 0.29) is 5.60 Å². The van der Waals surface area contributed by atoms with E-state index in [2.05, 4.69) is 56.3 Å². The van der Waals surface area contributed by atoms with Crippen molar-refractivity contribution in [3.05, 3.63) is 48.0 Å². The summed E-state index contributed by atoms with van der Waals surface area (Å²) in [6, 6.07) is 15.2. The SMILES string of the molecule is CC1(C)CC(c2cccc3ccccc23)CO1. The van der Waals surface area contributed by atoms with Gasteiger partial charge < -0.3 is 4.74 Å². The summed E-state index contributed by atoms with van der Waals surface area (Å²) in [5.41, 5.74) is 1.47. The molecule has 0 radical (unpaired) electrons. The molecular weight excluding hydrogens is 208 g/mol. The average molecular weight is 226 g/mol. The lowest BCUT2D eigenvalue weighted by Crippen LogP contribution is -2.16. The van der Waals surface area contributed by atoms with Gasteiger partial charge in [0.25, 0.3) is 0 Å². The first-order valence-corrected chi connectivity index (χ1v) is 6.27. The normalized spacial score (nSPS) is 23.1. The van der Waals surface area contributed by atoms with E-state index in [1.807, 2.05) is 0 Å². The van der Waals surface area contributed by atoms with Gasteiger partial charge in [0.05, 0.1) is 12.2 Å². The minimum Gasteiger partial charge on any atom is -0.375 e. The van der Waals surface area contributed by atoms with E-state index in [0.29, 0.717) is 5.92 Å². The maximum Gasteiger partial charge on any atom is 0.0633 e. The van der Waals surface area contributed by atoms with Crippen LogP contribution in [0.1, 0.15) is 31.7 Å². The van der Waals surface area contributed by atoms with Crippen LogP contribution in [-0.4, -0.2) is 12.2 Å². The Kier molecular flexibility index (Phi) is 2.44. The standard InChI is InChI=1S/C16H18O/c1-16(2)10-13(11-17-16)15-9-5-7-12-6-3-4-8-14(12)15/h3-9,13H,10-11H2,1-2H3. The lowest BCUT2D eigenvalue weighted by atomic mass is 9.88. The van der Waals surface area contributed by atoms with Gasteiger partial charge in [0.2, 0.25) is 0 Å². The molecule has 88 valence electrons. The number of hydrogen-bond acceptors (Lipinski definition) is 1. The second kappa shape index (κ2) is 3.85. The topological polar surface area (TPSA) is 9.23 Å². The molecule has 0 N–H and O–H groups in total. The quantitative estimate of drug-likeness (QED) is 0.710. The van der Waals surface area contributed by atoms with Gasteiger partial charge in [-0.05, 0) is 36.6 Å². The van der Waals surface area contributed by atoms with Crippen molar-refractivity contribution in [1.29, 1.82) is 0 Å². The van der Waals surface area contributed by atoms with Crippen LogP contribution in [0.15, 0.2) is 42.5 Å². The van der Waals surface area contributed by atoms with Crippen molar-refractivity contribution in [2.75, 3.05) is 6.61 Å². The van der Waals surface area contributed by atoms with Crippen molar-refractivity contribution in [3.8, 4) is 0 Å². The fraction of sp³-hybridized carbons (Fsp3) is 0.375. The number of benzene rings is 2. The van der Waals surface area contributed by atoms with Crippen molar-refractivity contribution in [3.63, 3.8) is 0 Å². The van der Waals surface area contributed by atoms with Crippen LogP contribution in [0.4, 0.5) is 0 Å². The molecule has 3 rings (SSSR count). The van der Waals surface area contributed by atoms with Crippen LogP contribution in [0.5, 0.6) is 0 Å². The molecule has 2 aromatic rings. The Hall–Kier alpha value is -1.34. The fourth-order valence-electron chi connectivity index (χ4n) is 2.84. The van der Waals surface area contributed by atoms with Crippen LogP contribution in [0, 0.1) is 0 Å². The Morgan fingerprint density at radius 1 is 1.06 bits per heavy atom. The van der Waals surface area contributed by atoms with Crippen LogP contribution in [-0.2, 0) is 4.74 Å². The van der Waals surface area contributed by atoms with Gasteiger partial charge >= 0.3 is 0 Å². The third-order valence-corrected chi connectivity index (χ3v) is 3.68. The van der Waals surface area contributed by atoms with Gasteiger partial charge in [-0.15, -0.1) is 0 Å². The van der Waals surface area contributed by atoms with E-state index >= 15 is 0 Å². The molecule has 0 spiro atoms. The summed E-state index contributed by atoms with van der Waals surface area (Å²) in [5.74, 6) is 0.538. The maximum atomic E-state index is 5.86. The maximum absolute atomic E-state index is 5.86. The Morgan fingerprint density at radius 2 is 1.82 bits per heavy atom. The molecule has 1 aliphatic heterocycles. The zero-order chi connectivity index (χ0) is 11.9. The fourth-order valence-corrected chi connectivity index (χ4v) is 2.84. The molecular formula is C16H18O. The molecule has 0 aromatic heterocycles. The van der Waals surface area contributed by atoms with Crippen LogP contribution in [0.25, 0.3) is 10.8 Å². The zero-order valence-electron chi connectivity index (χ0n) is 10.4. The van der Waals surface area contributed by atoms with Crippen LogP contribution in [0.2, 0.25) is 0 Å². The molecule has 0 aliphatic carbocycles. The van der Waals surface area contributed by atoms with Gasteiger partial charge in [-0.2, -0.15) is 0 Å². The smallest absolute Gasteiger partial charge is 0.0633 e. The summed E-state index contributed by atoms with van der Waals surface area (Å²) in [6.07, 6.45) is 1.11. The van der Waals surface area contributed by atoms with E-state index < -0.39 is 0 Å². The van der Waals surface area contributed by atoms with E-state index in [0.717, 1.165) is 13.0 Å². The van der Waals surface area contributed by atoms with Crippen molar-refractivity contribution >= 4 is 10.8 Å². The van der Waals surface area contributed by atoms with Crippen molar-refractivity contribution in [2.45, 2.75) is 31.8 Å². The molecule has 17 heavy (non-hydrogen) atoms. The monoisotopic (exact) mass is 226 g/mol. The predicted octanol–water partition coefficient (Wildman–Crippen LogP) is 4.12. The van der Waals surface area contributed by atoms with Crippen molar-refractivity contribution in [1.82, 2.24) is 0 Å². The summed E-state index contributed by atoms with van der Waals surface area (Å²) in [7, 11) is 0. The summed E-state index contributed by atoms with van der Waals surface area (Å²) in [4.78, 5) is 0. The molecule has 1 atom stereocenters. The van der Waals surface area contributed by atoms with Crippen LogP contribution < -0.4 is 0 Å². The van der Waals surface area contributed by atoms with E-state index in [1.54, 1.807) is 0 Å². The van der Waals surface area contributed by atoms with Gasteiger partial charge in [-0.25, -0.2) is 0 Å². The largest absolute Gasteiger partial charge is 0.375 e. The zero-order valence-corrected chi connectivity index (χ0v) is 10.4. The molecule has 1 aliphatic rings. The summed E-state index contributed by atoms with van der Waals surface area (Å²) in [6.45, 7) is 5.21. The molecule has 1 heteroatoms. The minimum absolute atomic E-state index is 0.0294. The highest BCUT2D eigenvalue weighted by atomic mass is 16.5. The van der Waals surface area contributed by atoms with Gasteiger partial charge in [0, 0.05) is 5.92 Å². The van der Waals surface area contributed by atoms with Gasteiger partial charge in [0.1, 0.15) is 0 Å². The third-order valence-electron chi connectivity index (χ3n) is 3.68. The van der Waals surface area contributed by atoms with Gasteiger partial charge in [0.15, 0.2) is 0 Å². The van der Waals surface area contributed by atoms with Gasteiger partial charge in [-0.3, -0.25) is 0 Å². The number of ether oxygens (including phenoxy) is 1. The molecule has 1 fully saturated rings. The van der Waals surface area contributed by atoms with Crippen LogP contribution >= 0.6 is 0 Å². The third kappa shape index (κ3) is 1.96. The Balaban J connectivity index is 2.06. The molecule has 0 bridgehead atoms. The average Bonchev–Trinajstić information content (AvgIpc) is 2.69. The second-order valence-corrected chi connectivity index (χ2v) is 5.54. The predicted molar refractivity (Wildman–Crippen MR) is 71.3 cm³/mol. The number of hydrogen-bond donors (Lipinski definition) is 0. The van der Waals surface area contributed by atoms with E-state index in [1.165, 1.54) is 16.3 Å². The Labute approximate surface area is 102 Å². The van der Waals surface area contributed by atoms with Gasteiger partial charge in [-0.1, -0.05) is 42.5 Å². The molecule has 0 amide bonds.